The minimum Gasteiger partial charge on any atom is -0.506 e. The van der Waals surface area contributed by atoms with Crippen LogP contribution in [0.25, 0.3) is 22.2 Å². The summed E-state index contributed by atoms with van der Waals surface area (Å²) in [6.45, 7) is 1.97. The molecule has 3 nitrogen and oxygen atoms in total. The first-order valence-corrected chi connectivity index (χ1v) is 5.76. The Morgan fingerprint density at radius 1 is 1.06 bits per heavy atom. The molecule has 0 saturated heterocycles. The van der Waals surface area contributed by atoms with E-state index in [1.807, 2.05) is 37.3 Å². The van der Waals surface area contributed by atoms with Gasteiger partial charge < -0.3 is 5.11 Å². The molecular formula is C15H12N2O. The molecule has 0 unspecified atom stereocenters. The number of benzene rings is 1. The fraction of sp³-hybridized carbons (Fsp3) is 0.0667. The van der Waals surface area contributed by atoms with E-state index in [-0.39, 0.29) is 5.75 Å². The van der Waals surface area contributed by atoms with E-state index in [0.717, 1.165) is 22.2 Å². The third-order valence-electron chi connectivity index (χ3n) is 2.89. The van der Waals surface area contributed by atoms with E-state index in [1.165, 1.54) is 0 Å². The van der Waals surface area contributed by atoms with E-state index in [1.54, 1.807) is 18.3 Å². The van der Waals surface area contributed by atoms with Crippen LogP contribution in [0, 0.1) is 6.92 Å². The van der Waals surface area contributed by atoms with E-state index >= 15 is 0 Å². The van der Waals surface area contributed by atoms with E-state index in [2.05, 4.69) is 9.97 Å². The van der Waals surface area contributed by atoms with Crippen LogP contribution in [0.4, 0.5) is 0 Å². The van der Waals surface area contributed by atoms with Gasteiger partial charge in [0.2, 0.25) is 0 Å². The van der Waals surface area contributed by atoms with Crippen molar-refractivity contribution in [2.75, 3.05) is 0 Å². The van der Waals surface area contributed by atoms with Crippen LogP contribution in [0.1, 0.15) is 5.69 Å². The molecule has 0 fully saturated rings. The Morgan fingerprint density at radius 3 is 2.78 bits per heavy atom. The van der Waals surface area contributed by atoms with Gasteiger partial charge in [-0.2, -0.15) is 0 Å². The fourth-order valence-corrected chi connectivity index (χ4v) is 1.99. The van der Waals surface area contributed by atoms with Crippen LogP contribution in [0.3, 0.4) is 0 Å². The van der Waals surface area contributed by atoms with Gasteiger partial charge in [-0.05, 0) is 37.3 Å². The molecule has 3 aromatic rings. The van der Waals surface area contributed by atoms with Crippen molar-refractivity contribution in [3.8, 4) is 17.0 Å². The van der Waals surface area contributed by atoms with Gasteiger partial charge in [-0.1, -0.05) is 12.1 Å². The van der Waals surface area contributed by atoms with E-state index in [0.29, 0.717) is 5.69 Å². The van der Waals surface area contributed by atoms with Crippen molar-refractivity contribution in [1.82, 2.24) is 9.97 Å². The average Bonchev–Trinajstić information content (AvgIpc) is 2.39. The molecule has 0 aliphatic rings. The summed E-state index contributed by atoms with van der Waals surface area (Å²) in [5, 5.41) is 10.8. The van der Waals surface area contributed by atoms with Gasteiger partial charge >= 0.3 is 0 Å². The molecule has 0 saturated carbocycles. The smallest absolute Gasteiger partial charge is 0.141 e. The van der Waals surface area contributed by atoms with Crippen LogP contribution in [-0.4, -0.2) is 15.1 Å². The van der Waals surface area contributed by atoms with Crippen molar-refractivity contribution < 1.29 is 5.11 Å². The Balaban J connectivity index is 2.20. The number of hydrogen-bond acceptors (Lipinski definition) is 3. The molecule has 2 aromatic heterocycles. The number of pyridine rings is 2. The SMILES string of the molecule is Cc1ccc2cc(-c3ncccc3O)ccc2n1. The predicted octanol–water partition coefficient (Wildman–Crippen LogP) is 3.31. The highest BCUT2D eigenvalue weighted by atomic mass is 16.3. The maximum Gasteiger partial charge on any atom is 0.141 e. The summed E-state index contributed by atoms with van der Waals surface area (Å²) in [6.07, 6.45) is 1.67. The van der Waals surface area contributed by atoms with E-state index in [4.69, 9.17) is 0 Å². The molecule has 2 heterocycles. The zero-order chi connectivity index (χ0) is 12.5. The monoisotopic (exact) mass is 236 g/mol. The number of aromatic hydroxyl groups is 1. The Bertz CT molecular complexity index is 723. The third kappa shape index (κ3) is 1.80. The second kappa shape index (κ2) is 4.11. The molecule has 3 rings (SSSR count). The third-order valence-corrected chi connectivity index (χ3v) is 2.89. The van der Waals surface area contributed by atoms with Gasteiger partial charge in [0.1, 0.15) is 11.4 Å². The number of aryl methyl sites for hydroxylation is 1. The van der Waals surface area contributed by atoms with Crippen LogP contribution in [-0.2, 0) is 0 Å². The second-order valence-electron chi connectivity index (χ2n) is 4.23. The van der Waals surface area contributed by atoms with Gasteiger partial charge in [0.25, 0.3) is 0 Å². The van der Waals surface area contributed by atoms with E-state index in [9.17, 15) is 5.11 Å². The predicted molar refractivity (Wildman–Crippen MR) is 71.4 cm³/mol. The minimum atomic E-state index is 0.192. The van der Waals surface area contributed by atoms with Crippen molar-refractivity contribution in [3.63, 3.8) is 0 Å². The average molecular weight is 236 g/mol. The van der Waals surface area contributed by atoms with E-state index < -0.39 is 0 Å². The summed E-state index contributed by atoms with van der Waals surface area (Å²) >= 11 is 0. The molecule has 0 spiro atoms. The number of fused-ring (bicyclic) bond motifs is 1. The molecule has 3 heteroatoms. The molecule has 0 aliphatic carbocycles. The van der Waals surface area contributed by atoms with Gasteiger partial charge in [-0.15, -0.1) is 0 Å². The number of aromatic nitrogens is 2. The zero-order valence-electron chi connectivity index (χ0n) is 9.96. The standard InChI is InChI=1S/C15H12N2O/c1-10-4-5-11-9-12(6-7-13(11)17-10)15-14(18)3-2-8-16-15/h2-9,18H,1H3. The van der Waals surface area contributed by atoms with Gasteiger partial charge in [0, 0.05) is 22.8 Å². The largest absolute Gasteiger partial charge is 0.506 e. The van der Waals surface area contributed by atoms with Crippen molar-refractivity contribution in [2.45, 2.75) is 6.92 Å². The molecule has 0 radical (unpaired) electrons. The highest BCUT2D eigenvalue weighted by Gasteiger charge is 2.06. The van der Waals surface area contributed by atoms with Crippen molar-refractivity contribution in [1.29, 1.82) is 0 Å². The molecule has 88 valence electrons. The zero-order valence-corrected chi connectivity index (χ0v) is 9.96. The fourth-order valence-electron chi connectivity index (χ4n) is 1.99. The maximum absolute atomic E-state index is 9.80. The molecular weight excluding hydrogens is 224 g/mol. The first-order chi connectivity index (χ1) is 8.74. The van der Waals surface area contributed by atoms with Gasteiger partial charge in [0.15, 0.2) is 0 Å². The maximum atomic E-state index is 9.80. The Hall–Kier alpha value is -2.42. The summed E-state index contributed by atoms with van der Waals surface area (Å²) in [7, 11) is 0. The number of nitrogens with zero attached hydrogens (tertiary/aromatic N) is 2. The summed E-state index contributed by atoms with van der Waals surface area (Å²) in [5.41, 5.74) is 3.44. The van der Waals surface area contributed by atoms with Gasteiger partial charge in [0.05, 0.1) is 5.52 Å². The summed E-state index contributed by atoms with van der Waals surface area (Å²) in [6, 6.07) is 13.2. The second-order valence-corrected chi connectivity index (χ2v) is 4.23. The Morgan fingerprint density at radius 2 is 1.94 bits per heavy atom. The lowest BCUT2D eigenvalue weighted by Crippen LogP contribution is -1.86. The minimum absolute atomic E-state index is 0.192. The first kappa shape index (κ1) is 10.7. The Kier molecular flexibility index (Phi) is 2.45. The molecule has 18 heavy (non-hydrogen) atoms. The van der Waals surface area contributed by atoms with Crippen LogP contribution >= 0.6 is 0 Å². The van der Waals surface area contributed by atoms with Crippen LogP contribution < -0.4 is 0 Å². The lowest BCUT2D eigenvalue weighted by atomic mass is 10.1. The van der Waals surface area contributed by atoms with Gasteiger partial charge in [-0.25, -0.2) is 0 Å². The van der Waals surface area contributed by atoms with Gasteiger partial charge in [-0.3, -0.25) is 9.97 Å². The Labute approximate surface area is 105 Å². The highest BCUT2D eigenvalue weighted by molar-refractivity contribution is 5.84. The summed E-state index contributed by atoms with van der Waals surface area (Å²) in [5.74, 6) is 0.192. The quantitative estimate of drug-likeness (QED) is 0.705. The van der Waals surface area contributed by atoms with Crippen LogP contribution in [0.2, 0.25) is 0 Å². The molecule has 0 bridgehead atoms. The van der Waals surface area contributed by atoms with Crippen LogP contribution in [0.15, 0.2) is 48.7 Å². The molecule has 1 N–H and O–H groups in total. The molecule has 1 aromatic carbocycles. The van der Waals surface area contributed by atoms with Crippen molar-refractivity contribution in [2.24, 2.45) is 0 Å². The first-order valence-electron chi connectivity index (χ1n) is 5.76. The lowest BCUT2D eigenvalue weighted by Gasteiger charge is -2.05. The number of rotatable bonds is 1. The highest BCUT2D eigenvalue weighted by Crippen LogP contribution is 2.28. The van der Waals surface area contributed by atoms with Crippen LogP contribution in [0.5, 0.6) is 5.75 Å². The lowest BCUT2D eigenvalue weighted by molar-refractivity contribution is 0.475. The summed E-state index contributed by atoms with van der Waals surface area (Å²) < 4.78 is 0. The topological polar surface area (TPSA) is 46.0 Å². The molecule has 0 aliphatic heterocycles. The molecule has 0 atom stereocenters. The summed E-state index contributed by atoms with van der Waals surface area (Å²) in [4.78, 5) is 8.65. The normalized spacial score (nSPS) is 10.7. The van der Waals surface area contributed by atoms with Crippen molar-refractivity contribution >= 4 is 10.9 Å². The molecule has 0 amide bonds. The van der Waals surface area contributed by atoms with Crippen molar-refractivity contribution in [3.05, 3.63) is 54.4 Å². The number of hydrogen-bond donors (Lipinski definition) is 1.